The highest BCUT2D eigenvalue weighted by molar-refractivity contribution is 5.94. The number of hydrogen-bond acceptors (Lipinski definition) is 5. The van der Waals surface area contributed by atoms with Crippen molar-refractivity contribution in [1.29, 1.82) is 0 Å². The molecule has 8 heteroatoms. The predicted octanol–water partition coefficient (Wildman–Crippen LogP) is 4.14. The number of carbonyl (C=O) groups is 1. The summed E-state index contributed by atoms with van der Waals surface area (Å²) in [5, 5.41) is 15.7. The van der Waals surface area contributed by atoms with Crippen molar-refractivity contribution in [1.82, 2.24) is 19.9 Å². The molecule has 162 valence electrons. The maximum Gasteiger partial charge on any atom is 0.252 e. The monoisotopic (exact) mass is 431 g/mol. The summed E-state index contributed by atoms with van der Waals surface area (Å²) in [5.74, 6) is 0.671. The summed E-state index contributed by atoms with van der Waals surface area (Å²) in [7, 11) is 0. The quantitative estimate of drug-likeness (QED) is 0.409. The van der Waals surface area contributed by atoms with Gasteiger partial charge in [0.2, 0.25) is 5.95 Å². The van der Waals surface area contributed by atoms with Gasteiger partial charge in [0.15, 0.2) is 0 Å². The van der Waals surface area contributed by atoms with Crippen molar-refractivity contribution in [2.45, 2.75) is 13.3 Å². The molecule has 32 heavy (non-hydrogen) atoms. The lowest BCUT2D eigenvalue weighted by Gasteiger charge is -2.10. The van der Waals surface area contributed by atoms with Gasteiger partial charge in [0, 0.05) is 36.4 Å². The number of nitrogens with one attached hydrogen (secondary N) is 2. The average Bonchev–Trinajstić information content (AvgIpc) is 3.28. The fraction of sp³-hybridized carbons (Fsp3) is 0.125. The first-order valence-electron chi connectivity index (χ1n) is 10.1. The summed E-state index contributed by atoms with van der Waals surface area (Å²) in [6, 6.07) is 14.7. The van der Waals surface area contributed by atoms with Gasteiger partial charge in [-0.05, 0) is 55.3 Å². The minimum absolute atomic E-state index is 0.212. The molecule has 0 spiro atoms. The Kier molecular flexibility index (Phi) is 6.12. The van der Waals surface area contributed by atoms with Gasteiger partial charge < -0.3 is 20.3 Å². The van der Waals surface area contributed by atoms with Gasteiger partial charge in [0.05, 0.1) is 5.56 Å². The number of phenols is 1. The second kappa shape index (κ2) is 9.30. The zero-order valence-electron chi connectivity index (χ0n) is 17.4. The van der Waals surface area contributed by atoms with Crippen molar-refractivity contribution in [3.63, 3.8) is 0 Å². The zero-order chi connectivity index (χ0) is 22.5. The fourth-order valence-electron chi connectivity index (χ4n) is 3.21. The molecular weight excluding hydrogens is 409 g/mol. The number of rotatable bonds is 7. The van der Waals surface area contributed by atoms with E-state index in [4.69, 9.17) is 0 Å². The van der Waals surface area contributed by atoms with Crippen molar-refractivity contribution in [3.05, 3.63) is 95.7 Å². The predicted molar refractivity (Wildman–Crippen MR) is 120 cm³/mol. The van der Waals surface area contributed by atoms with Crippen LogP contribution in [0.1, 0.15) is 21.5 Å². The van der Waals surface area contributed by atoms with Gasteiger partial charge in [-0.1, -0.05) is 18.2 Å². The van der Waals surface area contributed by atoms with E-state index in [1.807, 2.05) is 19.1 Å². The van der Waals surface area contributed by atoms with Gasteiger partial charge in [0.25, 0.3) is 5.91 Å². The Morgan fingerprint density at radius 2 is 1.91 bits per heavy atom. The van der Waals surface area contributed by atoms with E-state index < -0.39 is 0 Å². The van der Waals surface area contributed by atoms with Gasteiger partial charge >= 0.3 is 0 Å². The number of aromatic nitrogens is 3. The molecule has 0 saturated heterocycles. The molecule has 0 fully saturated rings. The molecule has 7 nitrogen and oxygen atoms in total. The van der Waals surface area contributed by atoms with Crippen LogP contribution in [0.4, 0.5) is 16.0 Å². The zero-order valence-corrected chi connectivity index (χ0v) is 17.4. The number of nitrogens with zero attached hydrogens (tertiary/aromatic N) is 3. The molecule has 0 bridgehead atoms. The topological polar surface area (TPSA) is 92.1 Å². The second-order valence-corrected chi connectivity index (χ2v) is 7.27. The smallest absolute Gasteiger partial charge is 0.252 e. The van der Waals surface area contributed by atoms with Crippen LogP contribution in [0.25, 0.3) is 5.82 Å². The highest BCUT2D eigenvalue weighted by atomic mass is 19.1. The molecule has 3 N–H and O–H groups in total. The van der Waals surface area contributed by atoms with Crippen molar-refractivity contribution >= 4 is 17.5 Å². The summed E-state index contributed by atoms with van der Waals surface area (Å²) < 4.78 is 14.9. The molecular formula is C24H22FN5O2. The van der Waals surface area contributed by atoms with Gasteiger partial charge in [0.1, 0.15) is 17.4 Å². The normalized spacial score (nSPS) is 10.7. The molecule has 0 radical (unpaired) electrons. The molecule has 2 aromatic carbocycles. The first-order chi connectivity index (χ1) is 15.5. The molecule has 0 aliphatic rings. The van der Waals surface area contributed by atoms with E-state index in [1.54, 1.807) is 53.5 Å². The molecule has 2 aromatic heterocycles. The number of benzene rings is 2. The lowest BCUT2D eigenvalue weighted by atomic mass is 10.1. The maximum absolute atomic E-state index is 13.1. The molecule has 0 atom stereocenters. The number of halogens is 1. The number of amides is 1. The lowest BCUT2D eigenvalue weighted by molar-refractivity contribution is 0.0954. The van der Waals surface area contributed by atoms with Gasteiger partial charge in [-0.25, -0.2) is 9.37 Å². The highest BCUT2D eigenvalue weighted by Crippen LogP contribution is 2.18. The van der Waals surface area contributed by atoms with Crippen LogP contribution in [-0.4, -0.2) is 32.1 Å². The largest absolute Gasteiger partial charge is 0.508 e. The Labute approximate surface area is 184 Å². The number of phenolic OH excluding ortho intramolecular Hbond substituents is 1. The summed E-state index contributed by atoms with van der Waals surface area (Å²) in [6.45, 7) is 2.28. The van der Waals surface area contributed by atoms with E-state index in [2.05, 4.69) is 20.6 Å². The number of hydrogen-bond donors (Lipinski definition) is 3. The van der Waals surface area contributed by atoms with Crippen molar-refractivity contribution in [2.75, 3.05) is 11.9 Å². The number of para-hydroxylation sites is 1. The number of aromatic hydroxyl groups is 1. The van der Waals surface area contributed by atoms with Crippen molar-refractivity contribution < 1.29 is 14.3 Å². The number of aryl methyl sites for hydroxylation is 1. The Morgan fingerprint density at radius 3 is 2.69 bits per heavy atom. The van der Waals surface area contributed by atoms with Crippen LogP contribution in [0.15, 0.2) is 73.2 Å². The van der Waals surface area contributed by atoms with E-state index in [-0.39, 0.29) is 17.5 Å². The van der Waals surface area contributed by atoms with Crippen molar-refractivity contribution in [3.8, 4) is 11.6 Å². The Balaban J connectivity index is 1.43. The van der Waals surface area contributed by atoms with E-state index in [9.17, 15) is 14.3 Å². The van der Waals surface area contributed by atoms with Crippen LogP contribution in [-0.2, 0) is 6.42 Å². The SMILES string of the molecule is Cc1cnc(Nc2ccc(F)cc2)nc1-n1ccc(C(=O)NCCc2ccccc2O)c1. The fourth-order valence-corrected chi connectivity index (χ4v) is 3.21. The molecule has 4 aromatic rings. The third-order valence-corrected chi connectivity index (χ3v) is 4.92. The Morgan fingerprint density at radius 1 is 1.12 bits per heavy atom. The molecule has 2 heterocycles. The molecule has 4 rings (SSSR count). The second-order valence-electron chi connectivity index (χ2n) is 7.27. The minimum Gasteiger partial charge on any atom is -0.508 e. The van der Waals surface area contributed by atoms with Crippen LogP contribution in [0, 0.1) is 12.7 Å². The first-order valence-corrected chi connectivity index (χ1v) is 10.1. The summed E-state index contributed by atoms with van der Waals surface area (Å²) in [5.41, 5.74) is 2.77. The molecule has 0 aliphatic carbocycles. The molecule has 0 aliphatic heterocycles. The third-order valence-electron chi connectivity index (χ3n) is 4.92. The maximum atomic E-state index is 13.1. The third kappa shape index (κ3) is 4.92. The van der Waals surface area contributed by atoms with Crippen LogP contribution >= 0.6 is 0 Å². The number of anilines is 2. The Hall–Kier alpha value is -4.20. The van der Waals surface area contributed by atoms with Gasteiger partial charge in [-0.2, -0.15) is 4.98 Å². The minimum atomic E-state index is -0.320. The van der Waals surface area contributed by atoms with Gasteiger partial charge in [-0.3, -0.25) is 4.79 Å². The molecule has 1 amide bonds. The van der Waals surface area contributed by atoms with E-state index in [0.29, 0.717) is 36.0 Å². The van der Waals surface area contributed by atoms with Crippen LogP contribution in [0.2, 0.25) is 0 Å². The summed E-state index contributed by atoms with van der Waals surface area (Å²) in [6.07, 6.45) is 5.67. The number of carbonyl (C=O) groups excluding carboxylic acids is 1. The highest BCUT2D eigenvalue weighted by Gasteiger charge is 2.12. The summed E-state index contributed by atoms with van der Waals surface area (Å²) >= 11 is 0. The van der Waals surface area contributed by atoms with Crippen LogP contribution < -0.4 is 10.6 Å². The lowest BCUT2D eigenvalue weighted by Crippen LogP contribution is -2.25. The Bertz CT molecular complexity index is 1240. The first kappa shape index (κ1) is 21.0. The van der Waals surface area contributed by atoms with E-state index in [0.717, 1.165) is 11.1 Å². The van der Waals surface area contributed by atoms with Crippen molar-refractivity contribution in [2.24, 2.45) is 0 Å². The van der Waals surface area contributed by atoms with Crippen LogP contribution in [0.5, 0.6) is 5.75 Å². The molecule has 0 unspecified atom stereocenters. The van der Waals surface area contributed by atoms with E-state index in [1.165, 1.54) is 12.1 Å². The van der Waals surface area contributed by atoms with Gasteiger partial charge in [-0.15, -0.1) is 0 Å². The van der Waals surface area contributed by atoms with Crippen LogP contribution in [0.3, 0.4) is 0 Å². The molecule has 0 saturated carbocycles. The average molecular weight is 431 g/mol. The standard InChI is InChI=1S/C24H22FN5O2/c1-16-14-27-24(28-20-8-6-19(25)7-9-20)29-22(16)30-13-11-18(15-30)23(32)26-12-10-17-4-2-3-5-21(17)31/h2-9,11,13-15,31H,10,12H2,1H3,(H,26,32)(H,27,28,29). The van der Waals surface area contributed by atoms with E-state index >= 15 is 0 Å². The summed E-state index contributed by atoms with van der Waals surface area (Å²) in [4.78, 5) is 21.3.